The summed E-state index contributed by atoms with van der Waals surface area (Å²) in [6, 6.07) is 9.25. The third-order valence-electron chi connectivity index (χ3n) is 6.62. The standard InChI is InChI=1S/C34H42N2O5/c1-7-11-12-14-17-25(6)31-32(34(40)35-26-18-15-13-16-19-26)29(9-3)36(33(31)24(5)8-2)21-20-27(37)22-28(38)23-30(39)41-10-4/h1,8,11-13,15-19,27-28,37-38H,2,5,9-10,14,20-23H2,3-4,6H3,(H,35,40)/b12-11-,25-17+. The molecule has 3 N–H and O–H groups in total. The fraction of sp³-hybridized carbons (Fsp3) is 0.353. The molecule has 218 valence electrons. The Balaban J connectivity index is 2.55. The first-order chi connectivity index (χ1) is 19.7. The van der Waals surface area contributed by atoms with Gasteiger partial charge in [-0.25, -0.2) is 0 Å². The van der Waals surface area contributed by atoms with Gasteiger partial charge in [-0.15, -0.1) is 6.42 Å². The predicted molar refractivity (Wildman–Crippen MR) is 166 cm³/mol. The Labute approximate surface area is 243 Å². The fourth-order valence-corrected chi connectivity index (χ4v) is 4.74. The minimum atomic E-state index is -1.02. The van der Waals surface area contributed by atoms with E-state index in [2.05, 4.69) is 24.4 Å². The molecular formula is C34H42N2O5. The summed E-state index contributed by atoms with van der Waals surface area (Å²) < 4.78 is 6.90. The van der Waals surface area contributed by atoms with Crippen LogP contribution in [0, 0.1) is 12.3 Å². The van der Waals surface area contributed by atoms with Gasteiger partial charge in [-0.2, -0.15) is 0 Å². The van der Waals surface area contributed by atoms with Crippen LogP contribution < -0.4 is 5.32 Å². The molecule has 0 aliphatic carbocycles. The summed E-state index contributed by atoms with van der Waals surface area (Å²) in [4.78, 5) is 25.6. The normalized spacial score (nSPS) is 12.9. The lowest BCUT2D eigenvalue weighted by atomic mass is 9.96. The number of hydrogen-bond acceptors (Lipinski definition) is 5. The van der Waals surface area contributed by atoms with Gasteiger partial charge in [0.1, 0.15) is 0 Å². The van der Waals surface area contributed by atoms with Crippen LogP contribution in [0.3, 0.4) is 0 Å². The molecule has 0 saturated heterocycles. The highest BCUT2D eigenvalue weighted by Crippen LogP contribution is 2.35. The fourth-order valence-electron chi connectivity index (χ4n) is 4.74. The monoisotopic (exact) mass is 558 g/mol. The van der Waals surface area contributed by atoms with Crippen LogP contribution in [0.1, 0.15) is 73.8 Å². The summed E-state index contributed by atoms with van der Waals surface area (Å²) in [6.07, 6.45) is 11.9. The number of anilines is 1. The number of hydrogen-bond donors (Lipinski definition) is 3. The zero-order valence-corrected chi connectivity index (χ0v) is 24.4. The zero-order chi connectivity index (χ0) is 30.4. The Hall–Kier alpha value is -4.12. The van der Waals surface area contributed by atoms with E-state index in [0.29, 0.717) is 36.2 Å². The van der Waals surface area contributed by atoms with Crippen LogP contribution in [0.25, 0.3) is 11.1 Å². The maximum absolute atomic E-state index is 13.8. The van der Waals surface area contributed by atoms with Crippen molar-refractivity contribution >= 4 is 28.7 Å². The van der Waals surface area contributed by atoms with E-state index in [4.69, 9.17) is 11.2 Å². The number of rotatable bonds is 16. The molecular weight excluding hydrogens is 516 g/mol. The molecule has 1 aromatic carbocycles. The van der Waals surface area contributed by atoms with Crippen molar-refractivity contribution in [2.24, 2.45) is 0 Å². The molecule has 2 aromatic rings. The van der Waals surface area contributed by atoms with Crippen LogP contribution >= 0.6 is 0 Å². The number of nitrogens with one attached hydrogen (secondary N) is 1. The van der Waals surface area contributed by atoms with Gasteiger partial charge in [-0.3, -0.25) is 9.59 Å². The van der Waals surface area contributed by atoms with Gasteiger partial charge in [0, 0.05) is 23.5 Å². The van der Waals surface area contributed by atoms with E-state index in [1.54, 1.807) is 19.1 Å². The molecule has 0 aliphatic rings. The number of esters is 1. The molecule has 0 spiro atoms. The number of amides is 1. The first kappa shape index (κ1) is 33.1. The average molecular weight is 559 g/mol. The van der Waals surface area contributed by atoms with Crippen molar-refractivity contribution < 1.29 is 24.5 Å². The molecule has 0 radical (unpaired) electrons. The van der Waals surface area contributed by atoms with Gasteiger partial charge in [-0.1, -0.05) is 62.4 Å². The number of benzene rings is 1. The highest BCUT2D eigenvalue weighted by atomic mass is 16.5. The lowest BCUT2D eigenvalue weighted by molar-refractivity contribution is -0.145. The number of aromatic nitrogens is 1. The molecule has 0 saturated carbocycles. The van der Waals surface area contributed by atoms with Gasteiger partial charge in [-0.05, 0) is 68.9 Å². The van der Waals surface area contributed by atoms with Crippen LogP contribution in [-0.4, -0.2) is 45.5 Å². The molecule has 7 heteroatoms. The Morgan fingerprint density at radius 1 is 1.17 bits per heavy atom. The Morgan fingerprint density at radius 3 is 2.49 bits per heavy atom. The van der Waals surface area contributed by atoms with E-state index in [9.17, 15) is 19.8 Å². The third kappa shape index (κ3) is 9.49. The third-order valence-corrected chi connectivity index (χ3v) is 6.62. The van der Waals surface area contributed by atoms with Crippen molar-refractivity contribution in [1.29, 1.82) is 0 Å². The van der Waals surface area contributed by atoms with Crippen molar-refractivity contribution in [3.8, 4) is 12.3 Å². The maximum Gasteiger partial charge on any atom is 0.308 e. The number of ether oxygens (including phenoxy) is 1. The number of terminal acetylenes is 1. The van der Waals surface area contributed by atoms with Crippen molar-refractivity contribution in [3.63, 3.8) is 0 Å². The molecule has 2 atom stereocenters. The second kappa shape index (κ2) is 16.9. The second-order valence-corrected chi connectivity index (χ2v) is 9.63. The lowest BCUT2D eigenvalue weighted by Crippen LogP contribution is -2.23. The van der Waals surface area contributed by atoms with E-state index in [0.717, 1.165) is 22.5 Å². The summed E-state index contributed by atoms with van der Waals surface area (Å²) in [6.45, 7) is 14.4. The quantitative estimate of drug-likeness (QED) is 0.135. The number of carbonyl (C=O) groups excluding carboxylic acids is 2. The summed E-state index contributed by atoms with van der Waals surface area (Å²) in [7, 11) is 0. The predicted octanol–water partition coefficient (Wildman–Crippen LogP) is 5.94. The summed E-state index contributed by atoms with van der Waals surface area (Å²) in [5, 5.41) is 24.0. The molecule has 0 bridgehead atoms. The SMILES string of the molecule is C#C/C=C\C/C=C(\C)c1c(C(=O)Nc2ccccc2)c(CC)n(CCC(O)CC(O)CC(=O)OCC)c1C(=C)C=C. The smallest absolute Gasteiger partial charge is 0.308 e. The van der Waals surface area contributed by atoms with Gasteiger partial charge >= 0.3 is 5.97 Å². The van der Waals surface area contributed by atoms with Crippen LogP contribution in [0.2, 0.25) is 0 Å². The van der Waals surface area contributed by atoms with Crippen molar-refractivity contribution in [2.45, 2.75) is 71.6 Å². The van der Waals surface area contributed by atoms with E-state index in [-0.39, 0.29) is 31.8 Å². The minimum Gasteiger partial charge on any atom is -0.466 e. The largest absolute Gasteiger partial charge is 0.466 e. The number of aliphatic hydroxyl groups is 2. The highest BCUT2D eigenvalue weighted by molar-refractivity contribution is 6.10. The number of aliphatic hydroxyl groups excluding tert-OH is 2. The molecule has 0 fully saturated rings. The summed E-state index contributed by atoms with van der Waals surface area (Å²) >= 11 is 0. The number of para-hydroxylation sites is 1. The van der Waals surface area contributed by atoms with Gasteiger partial charge < -0.3 is 24.8 Å². The van der Waals surface area contributed by atoms with Crippen LogP contribution in [0.15, 0.2) is 67.8 Å². The second-order valence-electron chi connectivity index (χ2n) is 9.63. The molecule has 0 aliphatic heterocycles. The van der Waals surface area contributed by atoms with E-state index in [1.165, 1.54) is 0 Å². The summed E-state index contributed by atoms with van der Waals surface area (Å²) in [5.41, 5.74) is 4.99. The number of carbonyl (C=O) groups is 2. The van der Waals surface area contributed by atoms with Crippen molar-refractivity contribution in [2.75, 3.05) is 11.9 Å². The first-order valence-corrected chi connectivity index (χ1v) is 13.9. The lowest BCUT2D eigenvalue weighted by Gasteiger charge is -2.18. The van der Waals surface area contributed by atoms with Gasteiger partial charge in [0.2, 0.25) is 0 Å². The van der Waals surface area contributed by atoms with Gasteiger partial charge in [0.15, 0.2) is 0 Å². The van der Waals surface area contributed by atoms with Crippen molar-refractivity contribution in [1.82, 2.24) is 4.57 Å². The van der Waals surface area contributed by atoms with E-state index < -0.39 is 18.2 Å². The molecule has 7 nitrogen and oxygen atoms in total. The van der Waals surface area contributed by atoms with E-state index in [1.807, 2.05) is 60.9 Å². The Morgan fingerprint density at radius 2 is 1.88 bits per heavy atom. The maximum atomic E-state index is 13.8. The van der Waals surface area contributed by atoms with Gasteiger partial charge in [0.25, 0.3) is 5.91 Å². The van der Waals surface area contributed by atoms with Crippen LogP contribution in [-0.2, 0) is 22.5 Å². The molecule has 2 rings (SSSR count). The van der Waals surface area contributed by atoms with E-state index >= 15 is 0 Å². The zero-order valence-electron chi connectivity index (χ0n) is 24.4. The summed E-state index contributed by atoms with van der Waals surface area (Å²) in [5.74, 6) is 1.73. The average Bonchev–Trinajstić information content (AvgIpc) is 3.28. The molecule has 1 amide bonds. The molecule has 1 aromatic heterocycles. The van der Waals surface area contributed by atoms with Crippen LogP contribution in [0.5, 0.6) is 0 Å². The molecule has 41 heavy (non-hydrogen) atoms. The Bertz CT molecular complexity index is 1310. The van der Waals surface area contributed by atoms with Crippen molar-refractivity contribution in [3.05, 3.63) is 90.3 Å². The minimum absolute atomic E-state index is 0.0218. The van der Waals surface area contributed by atoms with Crippen LogP contribution in [0.4, 0.5) is 5.69 Å². The number of allylic oxidation sites excluding steroid dienone is 6. The highest BCUT2D eigenvalue weighted by Gasteiger charge is 2.28. The topological polar surface area (TPSA) is 101 Å². The first-order valence-electron chi connectivity index (χ1n) is 13.9. The Kier molecular flexibility index (Phi) is 13.6. The molecule has 1 heterocycles. The number of nitrogens with zero attached hydrogens (tertiary/aromatic N) is 1. The molecule has 2 unspecified atom stereocenters. The van der Waals surface area contributed by atoms with Gasteiger partial charge in [0.05, 0.1) is 36.5 Å².